The molecule has 2 heteroatoms. The third-order valence-corrected chi connectivity index (χ3v) is 3.84. The Morgan fingerprint density at radius 2 is 2.00 bits per heavy atom. The van der Waals surface area contributed by atoms with E-state index in [4.69, 9.17) is 9.73 Å². The topological polar surface area (TPSA) is 21.6 Å². The van der Waals surface area contributed by atoms with Gasteiger partial charge in [-0.15, -0.1) is 0 Å². The number of rotatable bonds is 4. The quantitative estimate of drug-likeness (QED) is 0.786. The molecule has 0 spiro atoms. The van der Waals surface area contributed by atoms with Crippen LogP contribution in [0.2, 0.25) is 0 Å². The molecule has 1 heterocycles. The highest BCUT2D eigenvalue weighted by atomic mass is 16.5. The largest absolute Gasteiger partial charge is 0.484 e. The van der Waals surface area contributed by atoms with Gasteiger partial charge in [0.05, 0.1) is 13.2 Å². The van der Waals surface area contributed by atoms with Gasteiger partial charge in [-0.3, -0.25) is 4.99 Å². The Morgan fingerprint density at radius 1 is 1.16 bits per heavy atom. The van der Waals surface area contributed by atoms with E-state index in [2.05, 4.69) is 30.3 Å². The Kier molecular flexibility index (Phi) is 5.93. The van der Waals surface area contributed by atoms with Crippen LogP contribution in [0.15, 0.2) is 35.3 Å². The van der Waals surface area contributed by atoms with Crippen LogP contribution in [0.5, 0.6) is 0 Å². The van der Waals surface area contributed by atoms with E-state index in [1.165, 1.54) is 44.1 Å². The minimum atomic E-state index is 0.471. The first kappa shape index (κ1) is 14.1. The van der Waals surface area contributed by atoms with Gasteiger partial charge in [0.1, 0.15) is 0 Å². The van der Waals surface area contributed by atoms with Gasteiger partial charge in [-0.1, -0.05) is 43.2 Å². The molecule has 0 radical (unpaired) electrons. The summed E-state index contributed by atoms with van der Waals surface area (Å²) in [4.78, 5) is 4.78. The van der Waals surface area contributed by atoms with Crippen LogP contribution in [-0.2, 0) is 11.2 Å². The fourth-order valence-corrected chi connectivity index (χ4v) is 2.72. The molecule has 104 valence electrons. The molecule has 1 aliphatic rings. The predicted octanol–water partition coefficient (Wildman–Crippen LogP) is 4.39. The molecular weight excluding hydrogens is 234 g/mol. The molecule has 19 heavy (non-hydrogen) atoms. The molecule has 0 fully saturated rings. The Bertz CT molecular complexity index is 386. The molecule has 1 atom stereocenters. The van der Waals surface area contributed by atoms with E-state index >= 15 is 0 Å². The van der Waals surface area contributed by atoms with E-state index in [9.17, 15) is 0 Å². The second kappa shape index (κ2) is 7.98. The summed E-state index contributed by atoms with van der Waals surface area (Å²) < 4.78 is 5.37. The van der Waals surface area contributed by atoms with Crippen molar-refractivity contribution >= 4 is 5.90 Å². The number of hydrogen-bond donors (Lipinski definition) is 0. The summed E-state index contributed by atoms with van der Waals surface area (Å²) >= 11 is 0. The maximum atomic E-state index is 5.37. The number of aliphatic imine (C=N–C) groups is 1. The highest BCUT2D eigenvalue weighted by Gasteiger charge is 2.12. The third-order valence-electron chi connectivity index (χ3n) is 3.84. The maximum Gasteiger partial charge on any atom is 0.183 e. The Morgan fingerprint density at radius 3 is 2.79 bits per heavy atom. The molecule has 0 saturated heterocycles. The van der Waals surface area contributed by atoms with Crippen LogP contribution < -0.4 is 0 Å². The second-order valence-electron chi connectivity index (χ2n) is 5.36. The van der Waals surface area contributed by atoms with Gasteiger partial charge in [0.2, 0.25) is 0 Å². The lowest BCUT2D eigenvalue weighted by atomic mass is 9.99. The first-order chi connectivity index (χ1) is 9.38. The van der Waals surface area contributed by atoms with Crippen molar-refractivity contribution in [3.8, 4) is 0 Å². The Labute approximate surface area is 116 Å². The highest BCUT2D eigenvalue weighted by Crippen LogP contribution is 2.18. The summed E-state index contributed by atoms with van der Waals surface area (Å²) in [6, 6.07) is 11.2. The fourth-order valence-electron chi connectivity index (χ4n) is 2.72. The van der Waals surface area contributed by atoms with E-state index in [0.717, 1.165) is 18.7 Å². The molecule has 1 aliphatic heterocycles. The molecule has 1 unspecified atom stereocenters. The molecule has 0 aliphatic carbocycles. The monoisotopic (exact) mass is 259 g/mol. The van der Waals surface area contributed by atoms with Crippen LogP contribution in [0, 0.1) is 0 Å². The van der Waals surface area contributed by atoms with Crippen molar-refractivity contribution in [2.75, 3.05) is 7.11 Å². The molecule has 0 bridgehead atoms. The van der Waals surface area contributed by atoms with Crippen molar-refractivity contribution in [1.82, 2.24) is 0 Å². The fraction of sp³-hybridized carbons (Fsp3) is 0.588. The Hall–Kier alpha value is -1.31. The van der Waals surface area contributed by atoms with E-state index < -0.39 is 0 Å². The van der Waals surface area contributed by atoms with Crippen molar-refractivity contribution in [2.24, 2.45) is 4.99 Å². The number of ether oxygens (including phenoxy) is 1. The lowest BCUT2D eigenvalue weighted by Gasteiger charge is -2.17. The molecule has 2 rings (SSSR count). The van der Waals surface area contributed by atoms with Crippen molar-refractivity contribution in [3.63, 3.8) is 0 Å². The number of aryl methyl sites for hydroxylation is 1. The van der Waals surface area contributed by atoms with Gasteiger partial charge < -0.3 is 4.74 Å². The third kappa shape index (κ3) is 5.06. The SMILES string of the molecule is COC1=NC(CCCc2ccccc2)CCCCC1. The zero-order valence-corrected chi connectivity index (χ0v) is 12.0. The molecule has 0 saturated carbocycles. The van der Waals surface area contributed by atoms with E-state index in [1.54, 1.807) is 7.11 Å². The summed E-state index contributed by atoms with van der Waals surface area (Å²) in [5.41, 5.74) is 1.43. The van der Waals surface area contributed by atoms with E-state index in [-0.39, 0.29) is 0 Å². The zero-order valence-electron chi connectivity index (χ0n) is 12.0. The normalized spacial score (nSPS) is 20.3. The van der Waals surface area contributed by atoms with E-state index in [0.29, 0.717) is 6.04 Å². The predicted molar refractivity (Wildman–Crippen MR) is 80.7 cm³/mol. The van der Waals surface area contributed by atoms with Gasteiger partial charge in [0, 0.05) is 6.42 Å². The minimum absolute atomic E-state index is 0.471. The van der Waals surface area contributed by atoms with Crippen LogP contribution in [0.1, 0.15) is 50.5 Å². The summed E-state index contributed by atoms with van der Waals surface area (Å²) in [7, 11) is 1.75. The molecule has 1 aromatic rings. The van der Waals surface area contributed by atoms with Crippen molar-refractivity contribution < 1.29 is 4.74 Å². The molecule has 2 nitrogen and oxygen atoms in total. The van der Waals surface area contributed by atoms with Gasteiger partial charge >= 0.3 is 0 Å². The van der Waals surface area contributed by atoms with Gasteiger partial charge in [-0.05, 0) is 37.7 Å². The average molecular weight is 259 g/mol. The van der Waals surface area contributed by atoms with Crippen molar-refractivity contribution in [2.45, 2.75) is 57.4 Å². The minimum Gasteiger partial charge on any atom is -0.484 e. The summed E-state index contributed by atoms with van der Waals surface area (Å²) in [5, 5.41) is 0. The number of nitrogens with zero attached hydrogens (tertiary/aromatic N) is 1. The van der Waals surface area contributed by atoms with Gasteiger partial charge in [0.15, 0.2) is 5.90 Å². The second-order valence-corrected chi connectivity index (χ2v) is 5.36. The zero-order chi connectivity index (χ0) is 13.3. The first-order valence-electron chi connectivity index (χ1n) is 7.53. The molecular formula is C17H25NO. The van der Waals surface area contributed by atoms with Crippen molar-refractivity contribution in [3.05, 3.63) is 35.9 Å². The van der Waals surface area contributed by atoms with Gasteiger partial charge in [0.25, 0.3) is 0 Å². The van der Waals surface area contributed by atoms with Crippen LogP contribution >= 0.6 is 0 Å². The Balaban J connectivity index is 1.81. The standard InChI is InChI=1S/C17H25NO/c1-19-17-14-7-3-6-12-16(18-17)13-8-11-15-9-4-2-5-10-15/h2,4-5,9-10,16H,3,6-8,11-14H2,1H3. The smallest absolute Gasteiger partial charge is 0.183 e. The molecule has 0 amide bonds. The van der Waals surface area contributed by atoms with Gasteiger partial charge in [-0.25, -0.2) is 0 Å². The highest BCUT2D eigenvalue weighted by molar-refractivity contribution is 5.76. The van der Waals surface area contributed by atoms with Crippen LogP contribution in [0.3, 0.4) is 0 Å². The lowest BCUT2D eigenvalue weighted by molar-refractivity contribution is 0.369. The van der Waals surface area contributed by atoms with E-state index in [1.807, 2.05) is 0 Å². The molecule has 1 aromatic carbocycles. The summed E-state index contributed by atoms with van der Waals surface area (Å²) in [6.07, 6.45) is 9.66. The van der Waals surface area contributed by atoms with Gasteiger partial charge in [-0.2, -0.15) is 0 Å². The summed E-state index contributed by atoms with van der Waals surface area (Å²) in [6.45, 7) is 0. The summed E-state index contributed by atoms with van der Waals surface area (Å²) in [5.74, 6) is 0.962. The number of benzene rings is 1. The van der Waals surface area contributed by atoms with Crippen LogP contribution in [0.4, 0.5) is 0 Å². The molecule has 0 aromatic heterocycles. The van der Waals surface area contributed by atoms with Crippen molar-refractivity contribution in [1.29, 1.82) is 0 Å². The molecule has 0 N–H and O–H groups in total. The number of hydrogen-bond acceptors (Lipinski definition) is 2. The number of methoxy groups -OCH3 is 1. The first-order valence-corrected chi connectivity index (χ1v) is 7.53. The van der Waals surface area contributed by atoms with Crippen LogP contribution in [-0.4, -0.2) is 19.0 Å². The van der Waals surface area contributed by atoms with Crippen LogP contribution in [0.25, 0.3) is 0 Å². The maximum absolute atomic E-state index is 5.37. The lowest BCUT2D eigenvalue weighted by Crippen LogP contribution is -2.14. The average Bonchev–Trinajstić information content (AvgIpc) is 2.42.